The zero-order valence-electron chi connectivity index (χ0n) is 15.4. The molecule has 142 valence electrons. The van der Waals surface area contributed by atoms with Gasteiger partial charge in [-0.3, -0.25) is 0 Å². The van der Waals surface area contributed by atoms with Crippen LogP contribution in [0.5, 0.6) is 5.75 Å². The first kappa shape index (κ1) is 18.0. The molecule has 0 unspecified atom stereocenters. The van der Waals surface area contributed by atoms with Crippen molar-refractivity contribution in [3.63, 3.8) is 0 Å². The van der Waals surface area contributed by atoms with Gasteiger partial charge in [-0.2, -0.15) is 0 Å². The molecule has 3 aromatic rings. The maximum absolute atomic E-state index is 13.4. The number of rotatable bonds is 5. The molecule has 1 aliphatic rings. The summed E-state index contributed by atoms with van der Waals surface area (Å²) in [6.07, 6.45) is 3.62. The molecule has 6 nitrogen and oxygen atoms in total. The lowest BCUT2D eigenvalue weighted by Gasteiger charge is -2.23. The van der Waals surface area contributed by atoms with Crippen LogP contribution < -0.4 is 9.64 Å². The van der Waals surface area contributed by atoms with Gasteiger partial charge < -0.3 is 9.64 Å². The van der Waals surface area contributed by atoms with E-state index in [-0.39, 0.29) is 4.90 Å². The minimum Gasteiger partial charge on any atom is -0.497 e. The second kappa shape index (κ2) is 7.32. The van der Waals surface area contributed by atoms with Crippen molar-refractivity contribution in [2.45, 2.75) is 30.7 Å². The van der Waals surface area contributed by atoms with Gasteiger partial charge in [0.1, 0.15) is 12.3 Å². The van der Waals surface area contributed by atoms with Crippen LogP contribution in [0, 0.1) is 0 Å². The van der Waals surface area contributed by atoms with Crippen molar-refractivity contribution < 1.29 is 18.1 Å². The standard InChI is InChI=1S/C20H23N3O3S/c1-26-16-9-11-17(12-10-16)27(24,25)23-19-8-4-3-7-18(19)21-20(23)15-22-13-5-2-6-14-22/h3-4,7-12H,2,5-6,13-15H2,1H3/p+1. The third-order valence-corrected chi connectivity index (χ3v) is 6.91. The van der Waals surface area contributed by atoms with Crippen molar-refractivity contribution >= 4 is 21.1 Å². The van der Waals surface area contributed by atoms with Gasteiger partial charge in [-0.1, -0.05) is 12.1 Å². The smallest absolute Gasteiger partial charge is 0.269 e. The Kier molecular flexibility index (Phi) is 4.88. The monoisotopic (exact) mass is 386 g/mol. The molecule has 2 aromatic carbocycles. The summed E-state index contributed by atoms with van der Waals surface area (Å²) in [6.45, 7) is 2.74. The Labute approximate surface area is 159 Å². The molecule has 1 aliphatic heterocycles. The van der Waals surface area contributed by atoms with Gasteiger partial charge in [0, 0.05) is 0 Å². The molecule has 0 spiro atoms. The molecule has 0 atom stereocenters. The lowest BCUT2D eigenvalue weighted by molar-refractivity contribution is -0.919. The van der Waals surface area contributed by atoms with Gasteiger partial charge in [0.15, 0.2) is 5.82 Å². The summed E-state index contributed by atoms with van der Waals surface area (Å²) in [5.74, 6) is 1.23. The molecular formula is C20H24N3O3S+. The number of aromatic nitrogens is 2. The summed E-state index contributed by atoms with van der Waals surface area (Å²) in [7, 11) is -2.18. The van der Waals surface area contributed by atoms with Crippen LogP contribution in [0.3, 0.4) is 0 Å². The number of ether oxygens (including phenoxy) is 1. The number of likely N-dealkylation sites (tertiary alicyclic amines) is 1. The normalized spacial score (nSPS) is 15.9. The Morgan fingerprint density at radius 3 is 2.44 bits per heavy atom. The van der Waals surface area contributed by atoms with Crippen LogP contribution in [0.1, 0.15) is 25.1 Å². The van der Waals surface area contributed by atoms with Gasteiger partial charge in [-0.25, -0.2) is 17.4 Å². The number of hydrogen-bond donors (Lipinski definition) is 1. The second-order valence-electron chi connectivity index (χ2n) is 6.95. The van der Waals surface area contributed by atoms with Crippen LogP contribution in [-0.4, -0.2) is 37.6 Å². The van der Waals surface area contributed by atoms with E-state index in [0.717, 1.165) is 13.1 Å². The Morgan fingerprint density at radius 2 is 1.74 bits per heavy atom. The number of methoxy groups -OCH3 is 1. The van der Waals surface area contributed by atoms with Crippen LogP contribution >= 0.6 is 0 Å². The molecule has 1 N–H and O–H groups in total. The molecule has 0 radical (unpaired) electrons. The molecular weight excluding hydrogens is 362 g/mol. The number of benzene rings is 2. The fourth-order valence-electron chi connectivity index (χ4n) is 3.74. The molecule has 0 bridgehead atoms. The highest BCUT2D eigenvalue weighted by Crippen LogP contribution is 2.24. The number of imidazole rings is 1. The largest absolute Gasteiger partial charge is 0.497 e. The molecule has 4 rings (SSSR count). The number of piperidine rings is 1. The fourth-order valence-corrected chi connectivity index (χ4v) is 5.23. The zero-order chi connectivity index (χ0) is 18.9. The molecule has 1 aromatic heterocycles. The van der Waals surface area contributed by atoms with Crippen molar-refractivity contribution in [2.24, 2.45) is 0 Å². The molecule has 7 heteroatoms. The summed E-state index contributed by atoms with van der Waals surface area (Å²) in [5, 5.41) is 0. The van der Waals surface area contributed by atoms with E-state index in [4.69, 9.17) is 4.74 Å². The summed E-state index contributed by atoms with van der Waals surface area (Å²) < 4.78 is 33.5. The molecule has 1 fully saturated rings. The quantitative estimate of drug-likeness (QED) is 0.727. The van der Waals surface area contributed by atoms with E-state index in [2.05, 4.69) is 4.98 Å². The van der Waals surface area contributed by atoms with E-state index >= 15 is 0 Å². The summed E-state index contributed by atoms with van der Waals surface area (Å²) in [4.78, 5) is 6.30. The average molecular weight is 386 g/mol. The molecule has 2 heterocycles. The number of quaternary nitrogens is 1. The van der Waals surface area contributed by atoms with Gasteiger partial charge in [0.2, 0.25) is 0 Å². The first-order chi connectivity index (χ1) is 13.1. The minimum absolute atomic E-state index is 0.237. The predicted octanol–water partition coefficient (Wildman–Crippen LogP) is 1.85. The van der Waals surface area contributed by atoms with Crippen molar-refractivity contribution in [3.05, 3.63) is 54.4 Å². The van der Waals surface area contributed by atoms with E-state index in [1.165, 1.54) is 28.1 Å². The Balaban J connectivity index is 1.81. The lowest BCUT2D eigenvalue weighted by atomic mass is 10.1. The number of nitrogens with zero attached hydrogens (tertiary/aromatic N) is 2. The average Bonchev–Trinajstić information content (AvgIpc) is 3.07. The van der Waals surface area contributed by atoms with Crippen LogP contribution in [0.25, 0.3) is 11.0 Å². The highest BCUT2D eigenvalue weighted by atomic mass is 32.2. The van der Waals surface area contributed by atoms with Crippen LogP contribution in [0.2, 0.25) is 0 Å². The zero-order valence-corrected chi connectivity index (χ0v) is 16.2. The van der Waals surface area contributed by atoms with E-state index in [9.17, 15) is 8.42 Å². The number of nitrogens with one attached hydrogen (secondary N) is 1. The first-order valence-electron chi connectivity index (χ1n) is 9.29. The van der Waals surface area contributed by atoms with Gasteiger partial charge >= 0.3 is 0 Å². The SMILES string of the molecule is COc1ccc(S(=O)(=O)n2c(C[NH+]3CCCCC3)nc3ccccc32)cc1. The first-order valence-corrected chi connectivity index (χ1v) is 10.7. The van der Waals surface area contributed by atoms with Crippen LogP contribution in [0.4, 0.5) is 0 Å². The lowest BCUT2D eigenvalue weighted by Crippen LogP contribution is -3.11. The third kappa shape index (κ3) is 3.44. The van der Waals surface area contributed by atoms with Gasteiger partial charge in [-0.15, -0.1) is 0 Å². The number of para-hydroxylation sites is 2. The molecule has 1 saturated heterocycles. The van der Waals surface area contributed by atoms with Gasteiger partial charge in [0.05, 0.1) is 36.1 Å². The highest BCUT2D eigenvalue weighted by Gasteiger charge is 2.27. The molecule has 0 aliphatic carbocycles. The minimum atomic E-state index is -3.74. The summed E-state index contributed by atoms with van der Waals surface area (Å²) in [5.41, 5.74) is 1.33. The highest BCUT2D eigenvalue weighted by molar-refractivity contribution is 7.90. The van der Waals surface area contributed by atoms with Crippen molar-refractivity contribution in [2.75, 3.05) is 20.2 Å². The van der Waals surface area contributed by atoms with Gasteiger partial charge in [0.25, 0.3) is 10.0 Å². The number of hydrogen-bond acceptors (Lipinski definition) is 4. The third-order valence-electron chi connectivity index (χ3n) is 5.15. The van der Waals surface area contributed by atoms with Crippen LogP contribution in [-0.2, 0) is 16.6 Å². The van der Waals surface area contributed by atoms with E-state index in [1.54, 1.807) is 31.4 Å². The Bertz CT molecular complexity index is 1040. The molecule has 0 saturated carbocycles. The molecule has 27 heavy (non-hydrogen) atoms. The summed E-state index contributed by atoms with van der Waals surface area (Å²) in [6, 6.07) is 13.9. The maximum Gasteiger partial charge on any atom is 0.269 e. The Hall–Kier alpha value is -2.38. The Morgan fingerprint density at radius 1 is 1.04 bits per heavy atom. The van der Waals surface area contributed by atoms with Crippen LogP contribution in [0.15, 0.2) is 53.4 Å². The van der Waals surface area contributed by atoms with Crippen molar-refractivity contribution in [1.82, 2.24) is 8.96 Å². The maximum atomic E-state index is 13.4. The number of fused-ring (bicyclic) bond motifs is 1. The van der Waals surface area contributed by atoms with Gasteiger partial charge in [-0.05, 0) is 55.7 Å². The predicted molar refractivity (Wildman–Crippen MR) is 104 cm³/mol. The van der Waals surface area contributed by atoms with E-state index in [1.807, 2.05) is 24.3 Å². The second-order valence-corrected chi connectivity index (χ2v) is 8.74. The van der Waals surface area contributed by atoms with Crippen molar-refractivity contribution in [1.29, 1.82) is 0 Å². The molecule has 0 amide bonds. The summed E-state index contributed by atoms with van der Waals surface area (Å²) >= 11 is 0. The van der Waals surface area contributed by atoms with Crippen molar-refractivity contribution in [3.8, 4) is 5.75 Å². The fraction of sp³-hybridized carbons (Fsp3) is 0.350. The topological polar surface area (TPSA) is 65.6 Å². The van der Waals surface area contributed by atoms with E-state index < -0.39 is 10.0 Å². The van der Waals surface area contributed by atoms with E-state index in [0.29, 0.717) is 29.2 Å².